The average molecular weight is 314 g/mol. The van der Waals surface area contributed by atoms with Gasteiger partial charge in [0.2, 0.25) is 0 Å². The zero-order valence-corrected chi connectivity index (χ0v) is 12.4. The molecule has 0 aliphatic rings. The predicted octanol–water partition coefficient (Wildman–Crippen LogP) is 5.14. The fraction of sp³-hybridized carbons (Fsp3) is 0.200. The summed E-state index contributed by atoms with van der Waals surface area (Å²) in [6.45, 7) is 2.83. The second-order valence-electron chi connectivity index (χ2n) is 4.16. The summed E-state index contributed by atoms with van der Waals surface area (Å²) in [7, 11) is 0. The summed E-state index contributed by atoms with van der Waals surface area (Å²) in [5.41, 5.74) is 1.63. The van der Waals surface area contributed by atoms with Gasteiger partial charge in [0.1, 0.15) is 11.6 Å². The minimum atomic E-state index is -0.330. The number of halogens is 3. The zero-order chi connectivity index (χ0) is 14.5. The third kappa shape index (κ3) is 3.78. The van der Waals surface area contributed by atoms with Gasteiger partial charge in [0.05, 0.1) is 12.3 Å². The van der Waals surface area contributed by atoms with Crippen molar-refractivity contribution in [3.8, 4) is 5.75 Å². The molecule has 0 spiro atoms. The number of hydrogen-bond donors (Lipinski definition) is 1. The summed E-state index contributed by atoms with van der Waals surface area (Å²) in [5.74, 6) is 0.154. The molecule has 0 bridgehead atoms. The summed E-state index contributed by atoms with van der Waals surface area (Å²) in [6.07, 6.45) is 0. The maximum absolute atomic E-state index is 13.2. The third-order valence-corrected chi connectivity index (χ3v) is 3.31. The number of anilines is 1. The van der Waals surface area contributed by atoms with Crippen molar-refractivity contribution in [1.82, 2.24) is 0 Å². The standard InChI is InChI=1S/C15H14Cl2FNO/c1-2-20-15-8-12(18)5-6-14(15)19-9-10-3-4-11(16)7-13(10)17/h3-8,19H,2,9H2,1H3. The molecular formula is C15H14Cl2FNO. The maximum Gasteiger partial charge on any atom is 0.145 e. The minimum Gasteiger partial charge on any atom is -0.492 e. The molecule has 2 aromatic carbocycles. The predicted molar refractivity (Wildman–Crippen MR) is 81.4 cm³/mol. The van der Waals surface area contributed by atoms with Gasteiger partial charge in [-0.05, 0) is 36.8 Å². The Hall–Kier alpha value is -1.45. The summed E-state index contributed by atoms with van der Waals surface area (Å²) >= 11 is 12.0. The van der Waals surface area contributed by atoms with Gasteiger partial charge < -0.3 is 10.1 Å². The van der Waals surface area contributed by atoms with Crippen LogP contribution in [-0.4, -0.2) is 6.61 Å². The van der Waals surface area contributed by atoms with Crippen LogP contribution in [0.3, 0.4) is 0 Å². The Labute approximate surface area is 127 Å². The van der Waals surface area contributed by atoms with Crippen LogP contribution in [0.5, 0.6) is 5.75 Å². The number of nitrogens with one attached hydrogen (secondary N) is 1. The summed E-state index contributed by atoms with van der Waals surface area (Å²) in [5, 5.41) is 4.36. The van der Waals surface area contributed by atoms with Crippen molar-refractivity contribution in [3.05, 3.63) is 57.8 Å². The average Bonchev–Trinajstić information content (AvgIpc) is 2.40. The number of benzene rings is 2. The molecule has 0 aliphatic carbocycles. The molecule has 5 heteroatoms. The van der Waals surface area contributed by atoms with Crippen LogP contribution in [-0.2, 0) is 6.54 Å². The molecule has 0 saturated heterocycles. The molecule has 0 fully saturated rings. The van der Waals surface area contributed by atoms with Gasteiger partial charge in [-0.2, -0.15) is 0 Å². The number of rotatable bonds is 5. The number of hydrogen-bond acceptors (Lipinski definition) is 2. The quantitative estimate of drug-likeness (QED) is 0.824. The second kappa shape index (κ2) is 6.82. The molecule has 0 heterocycles. The first-order chi connectivity index (χ1) is 9.60. The Bertz CT molecular complexity index is 604. The van der Waals surface area contributed by atoms with Crippen LogP contribution in [0.15, 0.2) is 36.4 Å². The highest BCUT2D eigenvalue weighted by Crippen LogP contribution is 2.27. The Balaban J connectivity index is 2.14. The van der Waals surface area contributed by atoms with Crippen LogP contribution in [0.25, 0.3) is 0 Å². The van der Waals surface area contributed by atoms with Crippen molar-refractivity contribution in [1.29, 1.82) is 0 Å². The first-order valence-electron chi connectivity index (χ1n) is 6.20. The van der Waals surface area contributed by atoms with E-state index in [1.54, 1.807) is 18.2 Å². The van der Waals surface area contributed by atoms with Crippen LogP contribution >= 0.6 is 23.2 Å². The van der Waals surface area contributed by atoms with E-state index in [-0.39, 0.29) is 5.82 Å². The fourth-order valence-corrected chi connectivity index (χ4v) is 2.25. The van der Waals surface area contributed by atoms with E-state index in [1.165, 1.54) is 12.1 Å². The van der Waals surface area contributed by atoms with Crippen LogP contribution in [0.4, 0.5) is 10.1 Å². The summed E-state index contributed by atoms with van der Waals surface area (Å²) in [6, 6.07) is 9.70. The van der Waals surface area contributed by atoms with Crippen molar-refractivity contribution < 1.29 is 9.13 Å². The van der Waals surface area contributed by atoms with E-state index in [4.69, 9.17) is 27.9 Å². The first-order valence-corrected chi connectivity index (χ1v) is 6.96. The van der Waals surface area contributed by atoms with Gasteiger partial charge in [-0.15, -0.1) is 0 Å². The van der Waals surface area contributed by atoms with Crippen LogP contribution < -0.4 is 10.1 Å². The van der Waals surface area contributed by atoms with Crippen molar-refractivity contribution in [2.45, 2.75) is 13.5 Å². The molecule has 0 unspecified atom stereocenters. The monoisotopic (exact) mass is 313 g/mol. The van der Waals surface area contributed by atoms with E-state index in [0.29, 0.717) is 28.9 Å². The van der Waals surface area contributed by atoms with Crippen molar-refractivity contribution in [2.24, 2.45) is 0 Å². The molecule has 0 radical (unpaired) electrons. The van der Waals surface area contributed by atoms with Gasteiger partial charge in [0.25, 0.3) is 0 Å². The van der Waals surface area contributed by atoms with E-state index in [0.717, 1.165) is 11.3 Å². The van der Waals surface area contributed by atoms with E-state index >= 15 is 0 Å². The Morgan fingerprint density at radius 2 is 1.95 bits per heavy atom. The SMILES string of the molecule is CCOc1cc(F)ccc1NCc1ccc(Cl)cc1Cl. The lowest BCUT2D eigenvalue weighted by Crippen LogP contribution is -2.03. The Morgan fingerprint density at radius 3 is 2.65 bits per heavy atom. The fourth-order valence-electron chi connectivity index (χ4n) is 1.77. The highest BCUT2D eigenvalue weighted by atomic mass is 35.5. The lowest BCUT2D eigenvalue weighted by Gasteiger charge is -2.13. The molecule has 0 amide bonds. The van der Waals surface area contributed by atoms with Crippen molar-refractivity contribution >= 4 is 28.9 Å². The third-order valence-electron chi connectivity index (χ3n) is 2.73. The van der Waals surface area contributed by atoms with Gasteiger partial charge in [0.15, 0.2) is 0 Å². The normalized spacial score (nSPS) is 10.4. The van der Waals surface area contributed by atoms with Crippen LogP contribution in [0.2, 0.25) is 10.0 Å². The lowest BCUT2D eigenvalue weighted by atomic mass is 10.2. The van der Waals surface area contributed by atoms with Gasteiger partial charge in [0, 0.05) is 22.7 Å². The molecule has 2 rings (SSSR count). The molecule has 2 aromatic rings. The Morgan fingerprint density at radius 1 is 1.15 bits per heavy atom. The first kappa shape index (κ1) is 14.9. The summed E-state index contributed by atoms with van der Waals surface area (Å²) < 4.78 is 18.6. The minimum absolute atomic E-state index is 0.330. The van der Waals surface area contributed by atoms with Crippen molar-refractivity contribution in [3.63, 3.8) is 0 Å². The topological polar surface area (TPSA) is 21.3 Å². The van der Waals surface area contributed by atoms with Crippen molar-refractivity contribution in [2.75, 3.05) is 11.9 Å². The van der Waals surface area contributed by atoms with Crippen LogP contribution in [0.1, 0.15) is 12.5 Å². The van der Waals surface area contributed by atoms with Gasteiger partial charge in [-0.3, -0.25) is 0 Å². The molecule has 0 aromatic heterocycles. The number of ether oxygens (including phenoxy) is 1. The molecule has 0 aliphatic heterocycles. The van der Waals surface area contributed by atoms with E-state index in [2.05, 4.69) is 5.32 Å². The molecule has 20 heavy (non-hydrogen) atoms. The highest BCUT2D eigenvalue weighted by molar-refractivity contribution is 6.35. The molecule has 1 N–H and O–H groups in total. The second-order valence-corrected chi connectivity index (χ2v) is 5.01. The largest absolute Gasteiger partial charge is 0.492 e. The highest BCUT2D eigenvalue weighted by Gasteiger charge is 2.06. The van der Waals surface area contributed by atoms with E-state index in [1.807, 2.05) is 13.0 Å². The molecule has 0 saturated carbocycles. The lowest BCUT2D eigenvalue weighted by molar-refractivity contribution is 0.340. The maximum atomic E-state index is 13.2. The van der Waals surface area contributed by atoms with E-state index < -0.39 is 0 Å². The smallest absolute Gasteiger partial charge is 0.145 e. The van der Waals surface area contributed by atoms with Gasteiger partial charge in [-0.1, -0.05) is 29.3 Å². The molecule has 2 nitrogen and oxygen atoms in total. The molecule has 106 valence electrons. The summed E-state index contributed by atoms with van der Waals surface area (Å²) in [4.78, 5) is 0. The van der Waals surface area contributed by atoms with Crippen LogP contribution in [0, 0.1) is 5.82 Å². The van der Waals surface area contributed by atoms with E-state index in [9.17, 15) is 4.39 Å². The van der Waals surface area contributed by atoms with Gasteiger partial charge >= 0.3 is 0 Å². The molecular weight excluding hydrogens is 300 g/mol. The Kier molecular flexibility index (Phi) is 5.10. The zero-order valence-electron chi connectivity index (χ0n) is 10.9. The van der Waals surface area contributed by atoms with Gasteiger partial charge in [-0.25, -0.2) is 4.39 Å². The molecule has 0 atom stereocenters.